The Balaban J connectivity index is 1.56. The molecule has 35 heavy (non-hydrogen) atoms. The summed E-state index contributed by atoms with van der Waals surface area (Å²) >= 11 is 1.18. The number of ether oxygens (including phenoxy) is 1. The van der Waals surface area contributed by atoms with Crippen molar-refractivity contribution in [1.82, 2.24) is 4.98 Å². The summed E-state index contributed by atoms with van der Waals surface area (Å²) in [6.07, 6.45) is 1.65. The van der Waals surface area contributed by atoms with E-state index >= 15 is 0 Å². The van der Waals surface area contributed by atoms with Crippen molar-refractivity contribution >= 4 is 43.6 Å². The van der Waals surface area contributed by atoms with Crippen LogP contribution in [0.2, 0.25) is 0 Å². The second-order valence-corrected chi connectivity index (χ2v) is 9.03. The topological polar surface area (TPSA) is 72.6 Å². The van der Waals surface area contributed by atoms with E-state index in [9.17, 15) is 14.0 Å². The third-order valence-corrected chi connectivity index (χ3v) is 6.90. The zero-order chi connectivity index (χ0) is 24.1. The molecule has 3 heterocycles. The van der Waals surface area contributed by atoms with Crippen LogP contribution in [0.25, 0.3) is 21.2 Å². The Hall–Kier alpha value is -4.30. The van der Waals surface area contributed by atoms with Gasteiger partial charge in [-0.05, 0) is 48.0 Å². The van der Waals surface area contributed by atoms with Crippen LogP contribution in [-0.2, 0) is 0 Å². The summed E-state index contributed by atoms with van der Waals surface area (Å²) in [5.41, 5.74) is 1.56. The van der Waals surface area contributed by atoms with Gasteiger partial charge in [-0.1, -0.05) is 48.3 Å². The number of anilines is 1. The lowest BCUT2D eigenvalue weighted by molar-refractivity contribution is 0.0971. The van der Waals surface area contributed by atoms with Crippen LogP contribution in [0.3, 0.4) is 0 Å². The summed E-state index contributed by atoms with van der Waals surface area (Å²) in [6, 6.07) is 17.5. The highest BCUT2D eigenvalue weighted by Crippen LogP contribution is 2.43. The molecule has 172 valence electrons. The van der Waals surface area contributed by atoms with Gasteiger partial charge in [-0.15, -0.1) is 0 Å². The van der Waals surface area contributed by atoms with Gasteiger partial charge < -0.3 is 9.15 Å². The van der Waals surface area contributed by atoms with Crippen LogP contribution < -0.4 is 15.1 Å². The first-order chi connectivity index (χ1) is 17.0. The smallest absolute Gasteiger partial charge is 0.297 e. The molecule has 1 amide bonds. The average molecular weight is 485 g/mol. The molecule has 1 unspecified atom stereocenters. The minimum atomic E-state index is -0.766. The molecule has 0 spiro atoms. The van der Waals surface area contributed by atoms with Crippen molar-refractivity contribution in [2.24, 2.45) is 0 Å². The molecule has 0 bridgehead atoms. The van der Waals surface area contributed by atoms with E-state index in [2.05, 4.69) is 11.6 Å². The quantitative estimate of drug-likeness (QED) is 0.292. The van der Waals surface area contributed by atoms with Gasteiger partial charge in [-0.25, -0.2) is 9.37 Å². The van der Waals surface area contributed by atoms with Crippen molar-refractivity contribution in [2.75, 3.05) is 11.5 Å². The number of hydrogen-bond acceptors (Lipinski definition) is 6. The molecule has 0 aliphatic carbocycles. The molecule has 1 aliphatic rings. The fourth-order valence-corrected chi connectivity index (χ4v) is 5.34. The van der Waals surface area contributed by atoms with E-state index in [0.29, 0.717) is 44.2 Å². The number of nitrogens with zero attached hydrogens (tertiary/aromatic N) is 2. The number of benzene rings is 3. The largest absolute Gasteiger partial charge is 0.490 e. The number of carbonyl (C=O) groups excluding carboxylic acids is 1. The van der Waals surface area contributed by atoms with E-state index in [1.54, 1.807) is 60.7 Å². The van der Waals surface area contributed by atoms with E-state index in [1.165, 1.54) is 28.4 Å². The number of aromatic nitrogens is 1. The van der Waals surface area contributed by atoms with Gasteiger partial charge in [0.25, 0.3) is 5.91 Å². The van der Waals surface area contributed by atoms with Crippen molar-refractivity contribution in [3.05, 3.63) is 112 Å². The predicted octanol–water partition coefficient (Wildman–Crippen LogP) is 5.86. The first kappa shape index (κ1) is 21.2. The summed E-state index contributed by atoms with van der Waals surface area (Å²) in [6.45, 7) is 4.00. The number of para-hydroxylation sites is 1. The minimum Gasteiger partial charge on any atom is -0.490 e. The maximum atomic E-state index is 13.8. The zero-order valence-corrected chi connectivity index (χ0v) is 19.0. The Bertz CT molecular complexity index is 1690. The SMILES string of the molecule is C=CCOc1ccc(C2c3c(oc4ccccc4c3=O)C(=O)N2c2nc3ccc(F)cc3s2)cc1. The predicted molar refractivity (Wildman–Crippen MR) is 133 cm³/mol. The second-order valence-electron chi connectivity index (χ2n) is 8.03. The van der Waals surface area contributed by atoms with Crippen LogP contribution in [0.15, 0.2) is 88.6 Å². The van der Waals surface area contributed by atoms with Crippen molar-refractivity contribution in [3.8, 4) is 5.75 Å². The number of halogens is 1. The van der Waals surface area contributed by atoms with Crippen molar-refractivity contribution in [1.29, 1.82) is 0 Å². The van der Waals surface area contributed by atoms with Gasteiger partial charge in [0.1, 0.15) is 23.8 Å². The van der Waals surface area contributed by atoms with Crippen molar-refractivity contribution in [3.63, 3.8) is 0 Å². The van der Waals surface area contributed by atoms with Gasteiger partial charge in [0.15, 0.2) is 10.6 Å². The number of rotatable bonds is 5. The van der Waals surface area contributed by atoms with Gasteiger partial charge in [0.2, 0.25) is 5.76 Å². The van der Waals surface area contributed by atoms with Crippen LogP contribution in [0.1, 0.15) is 27.7 Å². The van der Waals surface area contributed by atoms with E-state index < -0.39 is 17.8 Å². The van der Waals surface area contributed by atoms with E-state index in [0.717, 1.165) is 0 Å². The van der Waals surface area contributed by atoms with Gasteiger partial charge >= 0.3 is 0 Å². The Morgan fingerprint density at radius 1 is 1.11 bits per heavy atom. The lowest BCUT2D eigenvalue weighted by atomic mass is 9.98. The molecule has 1 aliphatic heterocycles. The Kier molecular flexibility index (Phi) is 4.96. The molecule has 2 aromatic heterocycles. The molecule has 0 radical (unpaired) electrons. The summed E-state index contributed by atoms with van der Waals surface area (Å²) in [4.78, 5) is 33.3. The fourth-order valence-electron chi connectivity index (χ4n) is 4.32. The van der Waals surface area contributed by atoms with Gasteiger partial charge in [-0.2, -0.15) is 0 Å². The average Bonchev–Trinajstić information content (AvgIpc) is 3.41. The van der Waals surface area contributed by atoms with Crippen LogP contribution >= 0.6 is 11.3 Å². The fraction of sp³-hybridized carbons (Fsp3) is 0.0741. The molecular weight excluding hydrogens is 467 g/mol. The standard InChI is InChI=1S/C27H17FN2O4S/c1-2-13-33-17-10-7-15(8-11-17)23-22-24(31)18-5-3-4-6-20(18)34-25(22)26(32)30(23)27-29-19-12-9-16(28)14-21(19)35-27/h2-12,14,23H,1,13H2. The molecular formula is C27H17FN2O4S. The molecule has 6 rings (SSSR count). The number of fused-ring (bicyclic) bond motifs is 3. The van der Waals surface area contributed by atoms with Crippen LogP contribution in [0, 0.1) is 5.82 Å². The lowest BCUT2D eigenvalue weighted by Crippen LogP contribution is -2.29. The maximum absolute atomic E-state index is 13.8. The van der Waals surface area contributed by atoms with Crippen molar-refractivity contribution in [2.45, 2.75) is 6.04 Å². The third-order valence-electron chi connectivity index (χ3n) is 5.89. The molecule has 0 N–H and O–H groups in total. The normalized spacial score (nSPS) is 15.1. The van der Waals surface area contributed by atoms with Gasteiger partial charge in [0.05, 0.1) is 27.2 Å². The lowest BCUT2D eigenvalue weighted by Gasteiger charge is -2.22. The van der Waals surface area contributed by atoms with Crippen LogP contribution in [0.4, 0.5) is 9.52 Å². The number of thiazole rings is 1. The second kappa shape index (κ2) is 8.18. The highest BCUT2D eigenvalue weighted by Gasteiger charge is 2.45. The molecule has 8 heteroatoms. The summed E-state index contributed by atoms with van der Waals surface area (Å²) in [5.74, 6) is -0.250. The number of amides is 1. The molecule has 6 nitrogen and oxygen atoms in total. The maximum Gasteiger partial charge on any atom is 0.297 e. The summed E-state index contributed by atoms with van der Waals surface area (Å²) in [7, 11) is 0. The summed E-state index contributed by atoms with van der Waals surface area (Å²) in [5, 5.41) is 0.741. The van der Waals surface area contributed by atoms with E-state index in [-0.39, 0.29) is 16.8 Å². The van der Waals surface area contributed by atoms with Crippen LogP contribution in [-0.4, -0.2) is 17.5 Å². The Labute approximate surface area is 202 Å². The molecule has 0 saturated carbocycles. The minimum absolute atomic E-state index is 0.0175. The molecule has 5 aromatic rings. The molecule has 1 atom stereocenters. The van der Waals surface area contributed by atoms with Crippen LogP contribution in [0.5, 0.6) is 5.75 Å². The molecule has 0 saturated heterocycles. The highest BCUT2D eigenvalue weighted by molar-refractivity contribution is 7.22. The van der Waals surface area contributed by atoms with Crippen molar-refractivity contribution < 1.29 is 18.3 Å². The van der Waals surface area contributed by atoms with Gasteiger partial charge in [-0.3, -0.25) is 14.5 Å². The van der Waals surface area contributed by atoms with E-state index in [4.69, 9.17) is 9.15 Å². The molecule has 3 aromatic carbocycles. The molecule has 0 fully saturated rings. The first-order valence-corrected chi connectivity index (χ1v) is 11.7. The Morgan fingerprint density at radius 2 is 1.91 bits per heavy atom. The zero-order valence-electron chi connectivity index (χ0n) is 18.2. The Morgan fingerprint density at radius 3 is 2.71 bits per heavy atom. The monoisotopic (exact) mass is 484 g/mol. The van der Waals surface area contributed by atoms with E-state index in [1.807, 2.05) is 0 Å². The third kappa shape index (κ3) is 3.41. The van der Waals surface area contributed by atoms with Gasteiger partial charge in [0, 0.05) is 0 Å². The summed E-state index contributed by atoms with van der Waals surface area (Å²) < 4.78 is 26.0. The first-order valence-electron chi connectivity index (χ1n) is 10.8. The highest BCUT2D eigenvalue weighted by atomic mass is 32.1. The number of hydrogen-bond donors (Lipinski definition) is 0. The number of carbonyl (C=O) groups is 1.